The molecule has 4 nitrogen and oxygen atoms in total. The molecule has 0 unspecified atom stereocenters. The Bertz CT molecular complexity index is 333. The van der Waals surface area contributed by atoms with Crippen molar-refractivity contribution in [2.24, 2.45) is 0 Å². The minimum absolute atomic E-state index is 0.0420. The molecule has 0 aromatic heterocycles. The first-order valence-corrected chi connectivity index (χ1v) is 3.23. The number of rotatable bonds is 2. The Hall–Kier alpha value is -1.84. The van der Waals surface area contributed by atoms with Crippen LogP contribution in [0.5, 0.6) is 0 Å². The Morgan fingerprint density at radius 3 is 2.67 bits per heavy atom. The van der Waals surface area contributed by atoms with Crippen molar-refractivity contribution in [3.05, 3.63) is 29.3 Å². The van der Waals surface area contributed by atoms with Gasteiger partial charge in [-0.1, -0.05) is 0 Å². The van der Waals surface area contributed by atoms with E-state index in [2.05, 4.69) is 0 Å². The maximum Gasteiger partial charge on any atom is 0.337 e. The summed E-state index contributed by atoms with van der Waals surface area (Å²) in [5.41, 5.74) is 5.77. The molecule has 0 bridgehead atoms. The number of carbonyl (C=O) groups is 2. The number of aldehydes is 1. The minimum atomic E-state index is -1.13. The van der Waals surface area contributed by atoms with Crippen LogP contribution in [-0.2, 0) is 0 Å². The van der Waals surface area contributed by atoms with E-state index in [1.165, 1.54) is 18.2 Å². The number of anilines is 1. The minimum Gasteiger partial charge on any atom is -0.478 e. The van der Waals surface area contributed by atoms with Crippen LogP contribution in [0.25, 0.3) is 0 Å². The largest absolute Gasteiger partial charge is 0.478 e. The molecule has 0 spiro atoms. The number of carbonyl (C=O) groups excluding carboxylic acids is 1. The molecule has 0 radical (unpaired) electrons. The van der Waals surface area contributed by atoms with Crippen LogP contribution >= 0.6 is 0 Å². The van der Waals surface area contributed by atoms with Crippen molar-refractivity contribution in [2.75, 3.05) is 5.73 Å². The van der Waals surface area contributed by atoms with Gasteiger partial charge in [0.25, 0.3) is 0 Å². The van der Waals surface area contributed by atoms with E-state index < -0.39 is 5.97 Å². The Balaban J connectivity index is 3.25. The van der Waals surface area contributed by atoms with Crippen molar-refractivity contribution >= 4 is 17.9 Å². The van der Waals surface area contributed by atoms with Crippen molar-refractivity contribution in [1.29, 1.82) is 0 Å². The molecular formula is C8H7NO3. The van der Waals surface area contributed by atoms with E-state index in [0.717, 1.165) is 0 Å². The molecule has 1 aromatic rings. The van der Waals surface area contributed by atoms with E-state index in [-0.39, 0.29) is 11.3 Å². The summed E-state index contributed by atoms with van der Waals surface area (Å²) >= 11 is 0. The number of benzene rings is 1. The standard InChI is InChI=1S/C8H7NO3/c9-7-2-1-5(4-10)3-6(7)8(11)12/h1-4H,9H2,(H,11,12). The smallest absolute Gasteiger partial charge is 0.337 e. The molecule has 0 heterocycles. The van der Waals surface area contributed by atoms with E-state index >= 15 is 0 Å². The summed E-state index contributed by atoms with van der Waals surface area (Å²) in [6.07, 6.45) is 0.575. The van der Waals surface area contributed by atoms with Crippen LogP contribution in [0.4, 0.5) is 5.69 Å². The van der Waals surface area contributed by atoms with Crippen LogP contribution in [0.1, 0.15) is 20.7 Å². The highest BCUT2D eigenvalue weighted by molar-refractivity contribution is 5.95. The molecule has 4 heteroatoms. The lowest BCUT2D eigenvalue weighted by atomic mass is 10.1. The average Bonchev–Trinajstić information content (AvgIpc) is 2.05. The van der Waals surface area contributed by atoms with Gasteiger partial charge in [0.1, 0.15) is 6.29 Å². The predicted octanol–water partition coefficient (Wildman–Crippen LogP) is 0.780. The lowest BCUT2D eigenvalue weighted by molar-refractivity contribution is 0.0698. The van der Waals surface area contributed by atoms with E-state index in [0.29, 0.717) is 11.8 Å². The van der Waals surface area contributed by atoms with Crippen LogP contribution in [0, 0.1) is 0 Å². The molecule has 1 aromatic carbocycles. The highest BCUT2D eigenvalue weighted by Gasteiger charge is 2.07. The fourth-order valence-corrected chi connectivity index (χ4v) is 0.832. The second-order valence-corrected chi connectivity index (χ2v) is 2.27. The van der Waals surface area contributed by atoms with Crippen LogP contribution in [-0.4, -0.2) is 17.4 Å². The maximum atomic E-state index is 10.5. The Kier molecular flexibility index (Phi) is 2.09. The van der Waals surface area contributed by atoms with Crippen LogP contribution in [0.15, 0.2) is 18.2 Å². The molecule has 3 N–H and O–H groups in total. The third-order valence-electron chi connectivity index (χ3n) is 1.44. The summed E-state index contributed by atoms with van der Waals surface area (Å²) in [6.45, 7) is 0. The molecular weight excluding hydrogens is 158 g/mol. The third kappa shape index (κ3) is 1.42. The number of hydrogen-bond donors (Lipinski definition) is 2. The van der Waals surface area contributed by atoms with Crippen molar-refractivity contribution in [1.82, 2.24) is 0 Å². The third-order valence-corrected chi connectivity index (χ3v) is 1.44. The molecule has 62 valence electrons. The van der Waals surface area contributed by atoms with Crippen molar-refractivity contribution in [3.8, 4) is 0 Å². The first-order chi connectivity index (χ1) is 5.65. The zero-order valence-corrected chi connectivity index (χ0v) is 6.15. The summed E-state index contributed by atoms with van der Waals surface area (Å²) < 4.78 is 0. The lowest BCUT2D eigenvalue weighted by Gasteiger charge is -1.99. The van der Waals surface area contributed by atoms with Gasteiger partial charge in [0.15, 0.2) is 0 Å². The molecule has 0 atom stereocenters. The van der Waals surface area contributed by atoms with Crippen molar-refractivity contribution < 1.29 is 14.7 Å². The summed E-state index contributed by atoms with van der Waals surface area (Å²) in [6, 6.07) is 4.10. The van der Waals surface area contributed by atoms with E-state index in [4.69, 9.17) is 10.8 Å². The summed E-state index contributed by atoms with van der Waals surface area (Å²) in [5.74, 6) is -1.13. The molecule has 0 fully saturated rings. The molecule has 0 amide bonds. The van der Waals surface area contributed by atoms with Gasteiger partial charge in [-0.2, -0.15) is 0 Å². The van der Waals surface area contributed by atoms with Crippen LogP contribution in [0.3, 0.4) is 0 Å². The zero-order valence-electron chi connectivity index (χ0n) is 6.15. The molecule has 0 aliphatic carbocycles. The number of hydrogen-bond acceptors (Lipinski definition) is 3. The van der Waals surface area contributed by atoms with Gasteiger partial charge in [0.2, 0.25) is 0 Å². The van der Waals surface area contributed by atoms with Gasteiger partial charge in [-0.15, -0.1) is 0 Å². The van der Waals surface area contributed by atoms with E-state index in [1.807, 2.05) is 0 Å². The van der Waals surface area contributed by atoms with Gasteiger partial charge in [-0.3, -0.25) is 4.79 Å². The predicted molar refractivity (Wildman–Crippen MR) is 43.2 cm³/mol. The summed E-state index contributed by atoms with van der Waals surface area (Å²) in [7, 11) is 0. The number of aromatic carboxylic acids is 1. The topological polar surface area (TPSA) is 80.4 Å². The summed E-state index contributed by atoms with van der Waals surface area (Å²) in [5, 5.41) is 8.59. The fourth-order valence-electron chi connectivity index (χ4n) is 0.832. The Morgan fingerprint density at radius 1 is 1.50 bits per heavy atom. The van der Waals surface area contributed by atoms with Crippen molar-refractivity contribution in [2.45, 2.75) is 0 Å². The number of carboxylic acid groups (broad SMARTS) is 1. The molecule has 0 aliphatic rings. The monoisotopic (exact) mass is 165 g/mol. The SMILES string of the molecule is Nc1ccc(C=O)cc1C(=O)O. The van der Waals surface area contributed by atoms with Gasteiger partial charge in [0.05, 0.1) is 5.56 Å². The first-order valence-electron chi connectivity index (χ1n) is 3.23. The summed E-state index contributed by atoms with van der Waals surface area (Å²) in [4.78, 5) is 20.8. The van der Waals surface area contributed by atoms with Gasteiger partial charge >= 0.3 is 5.97 Å². The van der Waals surface area contributed by atoms with Gasteiger partial charge in [0, 0.05) is 11.3 Å². The maximum absolute atomic E-state index is 10.5. The van der Waals surface area contributed by atoms with Gasteiger partial charge < -0.3 is 10.8 Å². The highest BCUT2D eigenvalue weighted by atomic mass is 16.4. The van der Waals surface area contributed by atoms with Crippen LogP contribution < -0.4 is 5.73 Å². The zero-order chi connectivity index (χ0) is 9.14. The second kappa shape index (κ2) is 3.04. The number of nitrogens with two attached hydrogens (primary N) is 1. The Labute approximate surface area is 68.6 Å². The quantitative estimate of drug-likeness (QED) is 0.501. The average molecular weight is 165 g/mol. The lowest BCUT2D eigenvalue weighted by Crippen LogP contribution is -2.02. The Morgan fingerprint density at radius 2 is 2.17 bits per heavy atom. The molecule has 0 saturated carbocycles. The molecule has 0 saturated heterocycles. The number of nitrogen functional groups attached to an aromatic ring is 1. The normalized spacial score (nSPS) is 9.33. The molecule has 1 rings (SSSR count). The van der Waals surface area contributed by atoms with Crippen LogP contribution in [0.2, 0.25) is 0 Å². The first kappa shape index (κ1) is 8.26. The van der Waals surface area contributed by atoms with E-state index in [9.17, 15) is 9.59 Å². The van der Waals surface area contributed by atoms with Crippen molar-refractivity contribution in [3.63, 3.8) is 0 Å². The fraction of sp³-hybridized carbons (Fsp3) is 0. The molecule has 0 aliphatic heterocycles. The van der Waals surface area contributed by atoms with Gasteiger partial charge in [-0.05, 0) is 18.2 Å². The number of carboxylic acids is 1. The van der Waals surface area contributed by atoms with Gasteiger partial charge in [-0.25, -0.2) is 4.79 Å². The molecule has 12 heavy (non-hydrogen) atoms. The van der Waals surface area contributed by atoms with E-state index in [1.54, 1.807) is 0 Å². The highest BCUT2D eigenvalue weighted by Crippen LogP contribution is 2.12. The second-order valence-electron chi connectivity index (χ2n) is 2.27.